The van der Waals surface area contributed by atoms with Gasteiger partial charge in [-0.05, 0) is 25.5 Å². The van der Waals surface area contributed by atoms with E-state index in [-0.39, 0.29) is 12.4 Å². The molecule has 3 heterocycles. The van der Waals surface area contributed by atoms with Crippen LogP contribution in [-0.4, -0.2) is 49.2 Å². The molecule has 0 bridgehead atoms. The molecule has 1 aromatic heterocycles. The zero-order chi connectivity index (χ0) is 21.6. The summed E-state index contributed by atoms with van der Waals surface area (Å²) in [4.78, 5) is 14.9. The first-order valence-electron chi connectivity index (χ1n) is 9.13. The number of hydrogen-bond acceptors (Lipinski definition) is 9. The Kier molecular flexibility index (Phi) is 5.25. The van der Waals surface area contributed by atoms with Crippen LogP contribution in [0.15, 0.2) is 30.4 Å². The molecule has 1 amide bonds. The molecule has 0 saturated carbocycles. The van der Waals surface area contributed by atoms with Crippen molar-refractivity contribution in [2.75, 3.05) is 0 Å². The average molecular weight is 436 g/mol. The number of hydrogen-bond donors (Lipinski definition) is 3. The first kappa shape index (κ1) is 20.7. The molecule has 0 aliphatic carbocycles. The fourth-order valence-electron chi connectivity index (χ4n) is 3.43. The van der Waals surface area contributed by atoms with E-state index >= 15 is 0 Å². The molecule has 1 saturated heterocycles. The summed E-state index contributed by atoms with van der Waals surface area (Å²) in [6, 6.07) is 3.82. The van der Waals surface area contributed by atoms with Gasteiger partial charge in [0.2, 0.25) is 5.82 Å². The molecule has 2 aromatic rings. The van der Waals surface area contributed by atoms with Crippen LogP contribution < -0.4 is 10.3 Å². The number of aliphatic hydroxyl groups is 2. The molecule has 160 valence electrons. The number of carbonyl (C=O) groups excluding carboxylic acids is 1. The lowest BCUT2D eigenvalue weighted by Gasteiger charge is -2.26. The molecule has 12 heteroatoms. The summed E-state index contributed by atoms with van der Waals surface area (Å²) in [5, 5.41) is 24.4. The maximum Gasteiger partial charge on any atom is 0.403 e. The Balaban J connectivity index is 1.51. The van der Waals surface area contributed by atoms with Crippen molar-refractivity contribution in [1.29, 1.82) is 0 Å². The first-order valence-corrected chi connectivity index (χ1v) is 10.7. The van der Waals surface area contributed by atoms with Crippen LogP contribution in [0.2, 0.25) is 0 Å². The number of carbonyl (C=O) groups is 1. The summed E-state index contributed by atoms with van der Waals surface area (Å²) >= 11 is 0. The fourth-order valence-corrected chi connectivity index (χ4v) is 4.85. The second-order valence-electron chi connectivity index (χ2n) is 7.20. The molecule has 0 radical (unpaired) electrons. The molecule has 3 unspecified atom stereocenters. The third-order valence-electron chi connectivity index (χ3n) is 4.84. The van der Waals surface area contributed by atoms with E-state index in [1.54, 1.807) is 0 Å². The van der Waals surface area contributed by atoms with Gasteiger partial charge < -0.3 is 25.2 Å². The van der Waals surface area contributed by atoms with Gasteiger partial charge >= 0.3 is 7.60 Å². The van der Waals surface area contributed by atoms with E-state index in [2.05, 4.69) is 10.1 Å². The third-order valence-corrected chi connectivity index (χ3v) is 6.30. The zero-order valence-electron chi connectivity index (χ0n) is 16.2. The highest BCUT2D eigenvalue weighted by Crippen LogP contribution is 2.56. The Bertz CT molecular complexity index is 1070. The smallest absolute Gasteiger partial charge is 0.403 e. The number of nitrogens with zero attached hydrogens (tertiary/aromatic N) is 3. The lowest BCUT2D eigenvalue weighted by atomic mass is 10.1. The molecule has 0 spiro atoms. The minimum Gasteiger partial charge on any atom is -0.421 e. The average Bonchev–Trinajstić information content (AvgIpc) is 3.28. The highest BCUT2D eigenvalue weighted by molar-refractivity contribution is 7.57. The number of fused-ring (bicyclic) bond motifs is 1. The van der Waals surface area contributed by atoms with Crippen LogP contribution in [-0.2, 0) is 20.4 Å². The van der Waals surface area contributed by atoms with Gasteiger partial charge in [-0.3, -0.25) is 9.32 Å². The summed E-state index contributed by atoms with van der Waals surface area (Å²) in [5.74, 6) is 0.618. The monoisotopic (exact) mass is 436 g/mol. The van der Waals surface area contributed by atoms with Gasteiger partial charge in [-0.15, -0.1) is 5.10 Å². The van der Waals surface area contributed by atoms with Crippen molar-refractivity contribution in [1.82, 2.24) is 14.8 Å². The molecule has 4 N–H and O–H groups in total. The van der Waals surface area contributed by atoms with Crippen LogP contribution in [0.25, 0.3) is 0 Å². The lowest BCUT2D eigenvalue weighted by Crippen LogP contribution is -2.31. The van der Waals surface area contributed by atoms with Crippen molar-refractivity contribution in [3.8, 4) is 5.75 Å². The SMILES string of the molecule is Cc1cc(C)c2c(c1)COP(=O)(/C=C/C1OC(n3cnc(C(N)=O)n3)[C@H](O)[C@@H]1O)O2. The summed E-state index contributed by atoms with van der Waals surface area (Å²) in [7, 11) is -3.64. The van der Waals surface area contributed by atoms with Crippen LogP contribution in [0.5, 0.6) is 5.75 Å². The zero-order valence-corrected chi connectivity index (χ0v) is 17.1. The van der Waals surface area contributed by atoms with Gasteiger partial charge in [0.05, 0.1) is 6.61 Å². The normalized spacial score (nSPS) is 30.9. The van der Waals surface area contributed by atoms with E-state index in [4.69, 9.17) is 19.5 Å². The Labute approximate surface area is 171 Å². The number of aliphatic hydroxyl groups excluding tert-OH is 2. The van der Waals surface area contributed by atoms with Gasteiger partial charge in [0.25, 0.3) is 5.91 Å². The summed E-state index contributed by atoms with van der Waals surface area (Å²) in [6.07, 6.45) is -2.39. The van der Waals surface area contributed by atoms with Crippen molar-refractivity contribution >= 4 is 13.5 Å². The molecule has 4 rings (SSSR count). The second-order valence-corrected chi connectivity index (χ2v) is 9.02. The van der Waals surface area contributed by atoms with Gasteiger partial charge in [0, 0.05) is 11.4 Å². The summed E-state index contributed by atoms with van der Waals surface area (Å²) < 4.78 is 30.7. The van der Waals surface area contributed by atoms with E-state index in [1.807, 2.05) is 26.0 Å². The standard InChI is InChI=1S/C18H21N4O7P/c1-9-5-10(2)15-11(6-9)7-27-30(26,29-15)4-3-12-13(23)14(24)18(28-12)22-8-20-17(21-22)16(19)25/h3-6,8,12-14,18,23-24H,7H2,1-2H3,(H2,19,25)/b4-3+/t12?,13-,14-,18?,30?/m1/s1. The fraction of sp³-hybridized carbons (Fsp3) is 0.389. The molecule has 30 heavy (non-hydrogen) atoms. The quantitative estimate of drug-likeness (QED) is 0.593. The molecular formula is C18H21N4O7P. The molecule has 11 nitrogen and oxygen atoms in total. The molecule has 1 aromatic carbocycles. The number of nitrogens with two attached hydrogens (primary N) is 1. The first-order chi connectivity index (χ1) is 14.2. The Hall–Kier alpha value is -2.56. The maximum absolute atomic E-state index is 13.0. The van der Waals surface area contributed by atoms with E-state index in [9.17, 15) is 19.6 Å². The topological polar surface area (TPSA) is 159 Å². The van der Waals surface area contributed by atoms with Crippen LogP contribution in [0.1, 0.15) is 33.5 Å². The molecular weight excluding hydrogens is 415 g/mol. The molecule has 2 aliphatic heterocycles. The minimum atomic E-state index is -3.64. The van der Waals surface area contributed by atoms with Gasteiger partial charge in [-0.2, -0.15) is 0 Å². The van der Waals surface area contributed by atoms with E-state index in [0.717, 1.165) is 27.7 Å². The van der Waals surface area contributed by atoms with E-state index in [0.29, 0.717) is 5.75 Å². The highest BCUT2D eigenvalue weighted by atomic mass is 31.2. The molecule has 1 fully saturated rings. The summed E-state index contributed by atoms with van der Waals surface area (Å²) in [5.41, 5.74) is 7.80. The van der Waals surface area contributed by atoms with Crippen LogP contribution >= 0.6 is 7.60 Å². The van der Waals surface area contributed by atoms with E-state index in [1.165, 1.54) is 11.9 Å². The Morgan fingerprint density at radius 2 is 2.10 bits per heavy atom. The number of benzene rings is 1. The van der Waals surface area contributed by atoms with Gasteiger partial charge in [0.15, 0.2) is 6.23 Å². The van der Waals surface area contributed by atoms with Crippen molar-refractivity contribution < 1.29 is 33.4 Å². The highest BCUT2D eigenvalue weighted by Gasteiger charge is 2.44. The van der Waals surface area contributed by atoms with Crippen LogP contribution in [0.4, 0.5) is 0 Å². The predicted octanol–water partition coefficient (Wildman–Crippen LogP) is 0.929. The Morgan fingerprint density at radius 3 is 2.80 bits per heavy atom. The number of aryl methyl sites for hydroxylation is 2. The van der Waals surface area contributed by atoms with Crippen molar-refractivity contribution in [2.45, 2.75) is 45.0 Å². The summed E-state index contributed by atoms with van der Waals surface area (Å²) in [6.45, 7) is 3.92. The number of ether oxygens (including phenoxy) is 1. The second kappa shape index (κ2) is 7.60. The van der Waals surface area contributed by atoms with Crippen LogP contribution in [0, 0.1) is 13.8 Å². The predicted molar refractivity (Wildman–Crippen MR) is 103 cm³/mol. The third kappa shape index (κ3) is 3.78. The Morgan fingerprint density at radius 1 is 1.33 bits per heavy atom. The largest absolute Gasteiger partial charge is 0.421 e. The number of rotatable bonds is 4. The van der Waals surface area contributed by atoms with Crippen LogP contribution in [0.3, 0.4) is 0 Å². The van der Waals surface area contributed by atoms with Gasteiger partial charge in [-0.1, -0.05) is 17.7 Å². The molecule has 5 atom stereocenters. The number of primary amides is 1. The number of aromatic nitrogens is 3. The van der Waals surface area contributed by atoms with E-state index < -0.39 is 38.0 Å². The number of amides is 1. The van der Waals surface area contributed by atoms with Gasteiger partial charge in [-0.25, -0.2) is 14.2 Å². The van der Waals surface area contributed by atoms with Crippen molar-refractivity contribution in [2.24, 2.45) is 5.73 Å². The van der Waals surface area contributed by atoms with Gasteiger partial charge in [0.1, 0.15) is 30.4 Å². The lowest BCUT2D eigenvalue weighted by molar-refractivity contribution is -0.0346. The van der Waals surface area contributed by atoms with Crippen molar-refractivity contribution in [3.05, 3.63) is 52.9 Å². The molecule has 2 aliphatic rings. The minimum absolute atomic E-state index is 0.119. The maximum atomic E-state index is 13.0. The van der Waals surface area contributed by atoms with Crippen molar-refractivity contribution in [3.63, 3.8) is 0 Å².